The highest BCUT2D eigenvalue weighted by atomic mass is 19.1. The molecule has 0 saturated carbocycles. The van der Waals surface area contributed by atoms with E-state index in [-0.39, 0.29) is 11.4 Å². The predicted molar refractivity (Wildman–Crippen MR) is 78.5 cm³/mol. The molecule has 0 spiro atoms. The zero-order valence-electron chi connectivity index (χ0n) is 11.6. The first kappa shape index (κ1) is 14.8. The van der Waals surface area contributed by atoms with Gasteiger partial charge in [0, 0.05) is 12.2 Å². The number of nitrogens with one attached hydrogen (secondary N) is 1. The quantitative estimate of drug-likeness (QED) is 0.801. The minimum absolute atomic E-state index is 0.182. The van der Waals surface area contributed by atoms with Crippen LogP contribution in [-0.2, 0) is 0 Å². The van der Waals surface area contributed by atoms with E-state index in [0.29, 0.717) is 18.9 Å². The molecule has 21 heavy (non-hydrogen) atoms. The maximum absolute atomic E-state index is 13.1. The molecule has 2 N–H and O–H groups in total. The fraction of sp³-hybridized carbons (Fsp3) is 0.188. The summed E-state index contributed by atoms with van der Waals surface area (Å²) >= 11 is 0. The summed E-state index contributed by atoms with van der Waals surface area (Å²) in [4.78, 5) is 10.8. The van der Waals surface area contributed by atoms with E-state index in [9.17, 15) is 9.18 Å². The Bertz CT molecular complexity index is 643. The average molecular weight is 289 g/mol. The van der Waals surface area contributed by atoms with E-state index in [1.54, 1.807) is 18.2 Å². The number of hydrogen-bond acceptors (Lipinski definition) is 3. The highest BCUT2D eigenvalue weighted by Gasteiger charge is 2.04. The largest absolute Gasteiger partial charge is 0.492 e. The number of hydrogen-bond donors (Lipinski definition) is 2. The molecule has 0 amide bonds. The number of carboxylic acid groups (broad SMARTS) is 1. The zero-order chi connectivity index (χ0) is 15.2. The van der Waals surface area contributed by atoms with Crippen molar-refractivity contribution >= 4 is 11.7 Å². The summed E-state index contributed by atoms with van der Waals surface area (Å²) in [6, 6.07) is 10.8. The summed E-state index contributed by atoms with van der Waals surface area (Å²) < 4.78 is 18.6. The van der Waals surface area contributed by atoms with Gasteiger partial charge in [0.25, 0.3) is 0 Å². The minimum Gasteiger partial charge on any atom is -0.492 e. The molecule has 0 aliphatic carbocycles. The first-order valence-electron chi connectivity index (χ1n) is 6.52. The summed E-state index contributed by atoms with van der Waals surface area (Å²) in [5.74, 6) is -0.792. The van der Waals surface area contributed by atoms with Gasteiger partial charge in [0.1, 0.15) is 18.2 Å². The third-order valence-corrected chi connectivity index (χ3v) is 2.97. The van der Waals surface area contributed by atoms with E-state index < -0.39 is 5.97 Å². The smallest absolute Gasteiger partial charge is 0.335 e. The normalized spacial score (nSPS) is 10.2. The standard InChI is InChI=1S/C16H16FNO3/c1-11-5-6-13(17)10-15(11)18-7-8-21-14-4-2-3-12(9-14)16(19)20/h2-6,9-10,18H,7-8H2,1H3,(H,19,20). The van der Waals surface area contributed by atoms with E-state index in [1.165, 1.54) is 24.3 Å². The monoisotopic (exact) mass is 289 g/mol. The van der Waals surface area contributed by atoms with E-state index in [0.717, 1.165) is 11.3 Å². The van der Waals surface area contributed by atoms with Crippen molar-refractivity contribution in [3.63, 3.8) is 0 Å². The van der Waals surface area contributed by atoms with E-state index in [4.69, 9.17) is 9.84 Å². The molecule has 0 radical (unpaired) electrons. The highest BCUT2D eigenvalue weighted by molar-refractivity contribution is 5.87. The van der Waals surface area contributed by atoms with Gasteiger partial charge < -0.3 is 15.2 Å². The Morgan fingerprint density at radius 2 is 2.10 bits per heavy atom. The molecule has 0 aliphatic rings. The van der Waals surface area contributed by atoms with Gasteiger partial charge in [-0.3, -0.25) is 0 Å². The van der Waals surface area contributed by atoms with Crippen LogP contribution < -0.4 is 10.1 Å². The maximum atomic E-state index is 13.1. The van der Waals surface area contributed by atoms with Crippen LogP contribution in [0.3, 0.4) is 0 Å². The molecule has 0 bridgehead atoms. The molecule has 2 rings (SSSR count). The summed E-state index contributed by atoms with van der Waals surface area (Å²) in [6.07, 6.45) is 0. The Balaban J connectivity index is 1.86. The Morgan fingerprint density at radius 3 is 2.86 bits per heavy atom. The van der Waals surface area contributed by atoms with Crippen LogP contribution in [0.4, 0.5) is 10.1 Å². The van der Waals surface area contributed by atoms with Crippen molar-refractivity contribution in [3.05, 3.63) is 59.4 Å². The average Bonchev–Trinajstić information content (AvgIpc) is 2.47. The fourth-order valence-electron chi connectivity index (χ4n) is 1.86. The van der Waals surface area contributed by atoms with Crippen molar-refractivity contribution in [1.82, 2.24) is 0 Å². The van der Waals surface area contributed by atoms with Crippen LogP contribution in [0, 0.1) is 12.7 Å². The summed E-state index contributed by atoms with van der Waals surface area (Å²) in [7, 11) is 0. The van der Waals surface area contributed by atoms with Crippen LogP contribution in [0.2, 0.25) is 0 Å². The van der Waals surface area contributed by atoms with E-state index in [1.807, 2.05) is 6.92 Å². The van der Waals surface area contributed by atoms with Gasteiger partial charge in [0.2, 0.25) is 0 Å². The lowest BCUT2D eigenvalue weighted by Crippen LogP contribution is -2.12. The first-order chi connectivity index (χ1) is 10.1. The van der Waals surface area contributed by atoms with Crippen molar-refractivity contribution < 1.29 is 19.0 Å². The lowest BCUT2D eigenvalue weighted by molar-refractivity contribution is 0.0696. The van der Waals surface area contributed by atoms with Crippen LogP contribution in [0.5, 0.6) is 5.75 Å². The number of carbonyl (C=O) groups is 1. The third-order valence-electron chi connectivity index (χ3n) is 2.97. The predicted octanol–water partition coefficient (Wildman–Crippen LogP) is 3.32. The molecule has 0 saturated heterocycles. The Hall–Kier alpha value is -2.56. The fourth-order valence-corrected chi connectivity index (χ4v) is 1.86. The lowest BCUT2D eigenvalue weighted by Gasteiger charge is -2.11. The van der Waals surface area contributed by atoms with Crippen molar-refractivity contribution in [2.24, 2.45) is 0 Å². The van der Waals surface area contributed by atoms with Gasteiger partial charge in [-0.1, -0.05) is 12.1 Å². The van der Waals surface area contributed by atoms with Crippen molar-refractivity contribution in [2.75, 3.05) is 18.5 Å². The van der Waals surface area contributed by atoms with E-state index >= 15 is 0 Å². The maximum Gasteiger partial charge on any atom is 0.335 e. The van der Waals surface area contributed by atoms with Crippen molar-refractivity contribution in [2.45, 2.75) is 6.92 Å². The van der Waals surface area contributed by atoms with Gasteiger partial charge in [-0.25, -0.2) is 9.18 Å². The molecular weight excluding hydrogens is 273 g/mol. The molecule has 0 heterocycles. The molecule has 0 aliphatic heterocycles. The molecule has 4 nitrogen and oxygen atoms in total. The number of ether oxygens (including phenoxy) is 1. The molecule has 0 atom stereocenters. The van der Waals surface area contributed by atoms with Crippen LogP contribution in [0.15, 0.2) is 42.5 Å². The van der Waals surface area contributed by atoms with Crippen molar-refractivity contribution in [1.29, 1.82) is 0 Å². The second-order valence-electron chi connectivity index (χ2n) is 4.57. The van der Waals surface area contributed by atoms with Crippen LogP contribution in [0.25, 0.3) is 0 Å². The molecule has 0 aromatic heterocycles. The number of halogens is 1. The van der Waals surface area contributed by atoms with Crippen LogP contribution >= 0.6 is 0 Å². The van der Waals surface area contributed by atoms with Gasteiger partial charge in [-0.2, -0.15) is 0 Å². The van der Waals surface area contributed by atoms with Gasteiger partial charge >= 0.3 is 5.97 Å². The third kappa shape index (κ3) is 4.21. The molecular formula is C16H16FNO3. The minimum atomic E-state index is -0.992. The number of aryl methyl sites for hydroxylation is 1. The van der Waals surface area contributed by atoms with Gasteiger partial charge in [0.05, 0.1) is 5.56 Å². The van der Waals surface area contributed by atoms with Gasteiger partial charge in [0.15, 0.2) is 0 Å². The number of aromatic carboxylic acids is 1. The number of anilines is 1. The van der Waals surface area contributed by atoms with Crippen molar-refractivity contribution in [3.8, 4) is 5.75 Å². The first-order valence-corrected chi connectivity index (χ1v) is 6.52. The van der Waals surface area contributed by atoms with Gasteiger partial charge in [-0.15, -0.1) is 0 Å². The zero-order valence-corrected chi connectivity index (χ0v) is 11.6. The summed E-state index contributed by atoms with van der Waals surface area (Å²) in [6.45, 7) is 2.72. The molecule has 110 valence electrons. The topological polar surface area (TPSA) is 58.6 Å². The van der Waals surface area contributed by atoms with E-state index in [2.05, 4.69) is 5.32 Å². The summed E-state index contributed by atoms with van der Waals surface area (Å²) in [5.41, 5.74) is 1.85. The molecule has 0 unspecified atom stereocenters. The highest BCUT2D eigenvalue weighted by Crippen LogP contribution is 2.16. The Morgan fingerprint density at radius 1 is 1.29 bits per heavy atom. The molecule has 2 aromatic carbocycles. The molecule has 0 fully saturated rings. The van der Waals surface area contributed by atoms with Crippen LogP contribution in [0.1, 0.15) is 15.9 Å². The number of rotatable bonds is 6. The number of benzene rings is 2. The lowest BCUT2D eigenvalue weighted by atomic mass is 10.2. The second kappa shape index (κ2) is 6.74. The van der Waals surface area contributed by atoms with Crippen LogP contribution in [-0.4, -0.2) is 24.2 Å². The summed E-state index contributed by atoms with van der Waals surface area (Å²) in [5, 5.41) is 12.0. The second-order valence-corrected chi connectivity index (χ2v) is 4.57. The molecule has 5 heteroatoms. The Kier molecular flexibility index (Phi) is 4.77. The number of carboxylic acids is 1. The Labute approximate surface area is 122 Å². The molecule has 2 aromatic rings. The van der Waals surface area contributed by atoms with Gasteiger partial charge in [-0.05, 0) is 42.8 Å². The SMILES string of the molecule is Cc1ccc(F)cc1NCCOc1cccc(C(=O)O)c1.